The Morgan fingerprint density at radius 3 is 2.83 bits per heavy atom. The van der Waals surface area contributed by atoms with Crippen molar-refractivity contribution in [2.45, 2.75) is 24.8 Å². The lowest BCUT2D eigenvalue weighted by atomic mass is 10.2. The van der Waals surface area contributed by atoms with Crippen LogP contribution in [0.25, 0.3) is 0 Å². The predicted octanol–water partition coefficient (Wildman–Crippen LogP) is 1.74. The van der Waals surface area contributed by atoms with Crippen LogP contribution in [0.15, 0.2) is 27.6 Å². The van der Waals surface area contributed by atoms with Crippen molar-refractivity contribution in [1.82, 2.24) is 9.62 Å². The van der Waals surface area contributed by atoms with Gasteiger partial charge < -0.3 is 5.32 Å². The van der Waals surface area contributed by atoms with E-state index in [9.17, 15) is 8.42 Å². The molecule has 1 aliphatic rings. The highest BCUT2D eigenvalue weighted by atomic mass is 79.9. The maximum atomic E-state index is 12.6. The summed E-state index contributed by atoms with van der Waals surface area (Å²) in [5.41, 5.74) is 0.944. The number of nitrogens with zero attached hydrogens (tertiary/aromatic N) is 1. The van der Waals surface area contributed by atoms with Crippen molar-refractivity contribution in [1.29, 1.82) is 0 Å². The summed E-state index contributed by atoms with van der Waals surface area (Å²) in [7, 11) is -3.42. The van der Waals surface area contributed by atoms with Crippen LogP contribution < -0.4 is 5.32 Å². The molecule has 100 valence electrons. The molecule has 0 radical (unpaired) electrons. The Bertz CT molecular complexity index is 545. The van der Waals surface area contributed by atoms with Crippen LogP contribution in [0.4, 0.5) is 0 Å². The van der Waals surface area contributed by atoms with E-state index in [0.29, 0.717) is 29.0 Å². The minimum atomic E-state index is -3.42. The lowest BCUT2D eigenvalue weighted by Gasteiger charge is -2.33. The van der Waals surface area contributed by atoms with E-state index in [1.807, 2.05) is 19.9 Å². The largest absolute Gasteiger partial charge is 0.314 e. The summed E-state index contributed by atoms with van der Waals surface area (Å²) >= 11 is 3.33. The van der Waals surface area contributed by atoms with E-state index in [4.69, 9.17) is 0 Å². The Morgan fingerprint density at radius 1 is 1.44 bits per heavy atom. The standard InChI is InChI=1S/C12H17BrN2O2S/c1-9-3-4-11(13)12(7-9)18(16,17)15-6-5-14-8-10(15)2/h3-4,7,10,14H,5-6,8H2,1-2H3. The smallest absolute Gasteiger partial charge is 0.244 e. The van der Waals surface area contributed by atoms with E-state index >= 15 is 0 Å². The molecule has 2 rings (SSSR count). The maximum absolute atomic E-state index is 12.6. The number of nitrogens with one attached hydrogen (secondary N) is 1. The van der Waals surface area contributed by atoms with E-state index in [-0.39, 0.29) is 6.04 Å². The molecular weight excluding hydrogens is 316 g/mol. The summed E-state index contributed by atoms with van der Waals surface area (Å²) in [4.78, 5) is 0.358. The van der Waals surface area contributed by atoms with Gasteiger partial charge in [0.15, 0.2) is 0 Å². The number of halogens is 1. The fourth-order valence-corrected chi connectivity index (χ4v) is 4.76. The first-order valence-corrected chi connectivity index (χ1v) is 8.15. The number of hydrogen-bond donors (Lipinski definition) is 1. The van der Waals surface area contributed by atoms with Crippen LogP contribution in [-0.4, -0.2) is 38.4 Å². The molecule has 1 unspecified atom stereocenters. The van der Waals surface area contributed by atoms with E-state index < -0.39 is 10.0 Å². The van der Waals surface area contributed by atoms with Gasteiger partial charge in [0.1, 0.15) is 0 Å². The number of hydrogen-bond acceptors (Lipinski definition) is 3. The average Bonchev–Trinajstić information content (AvgIpc) is 2.32. The number of rotatable bonds is 2. The number of sulfonamides is 1. The molecule has 1 N–H and O–H groups in total. The van der Waals surface area contributed by atoms with Gasteiger partial charge in [-0.15, -0.1) is 0 Å². The molecule has 1 saturated heterocycles. The van der Waals surface area contributed by atoms with Crippen molar-refractivity contribution in [2.75, 3.05) is 19.6 Å². The maximum Gasteiger partial charge on any atom is 0.244 e. The molecule has 0 aliphatic carbocycles. The second-order valence-corrected chi connectivity index (χ2v) is 7.32. The van der Waals surface area contributed by atoms with Crippen molar-refractivity contribution in [3.8, 4) is 0 Å². The van der Waals surface area contributed by atoms with E-state index in [1.165, 1.54) is 0 Å². The third kappa shape index (κ3) is 2.61. The topological polar surface area (TPSA) is 49.4 Å². The molecule has 1 aromatic carbocycles. The summed E-state index contributed by atoms with van der Waals surface area (Å²) in [5.74, 6) is 0. The molecular formula is C12H17BrN2O2S. The van der Waals surface area contributed by atoms with Crippen molar-refractivity contribution < 1.29 is 8.42 Å². The molecule has 4 nitrogen and oxygen atoms in total. The Kier molecular flexibility index (Phi) is 4.11. The van der Waals surface area contributed by atoms with Crippen LogP contribution in [0, 0.1) is 6.92 Å². The first kappa shape index (κ1) is 14.0. The summed E-state index contributed by atoms with van der Waals surface area (Å²) in [6, 6.07) is 5.38. The molecule has 1 aromatic rings. The Balaban J connectivity index is 2.44. The van der Waals surface area contributed by atoms with E-state index in [2.05, 4.69) is 21.2 Å². The third-order valence-corrected chi connectivity index (χ3v) is 6.12. The van der Waals surface area contributed by atoms with Crippen LogP contribution in [0.5, 0.6) is 0 Å². The Morgan fingerprint density at radius 2 is 2.17 bits per heavy atom. The normalized spacial score (nSPS) is 22.1. The van der Waals surface area contributed by atoms with Crippen molar-refractivity contribution >= 4 is 26.0 Å². The van der Waals surface area contributed by atoms with Gasteiger partial charge in [0.2, 0.25) is 10.0 Å². The van der Waals surface area contributed by atoms with Gasteiger partial charge in [-0.2, -0.15) is 4.31 Å². The lowest BCUT2D eigenvalue weighted by Crippen LogP contribution is -2.52. The molecule has 0 spiro atoms. The molecule has 0 aromatic heterocycles. The molecule has 1 atom stereocenters. The average molecular weight is 333 g/mol. The van der Waals surface area contributed by atoms with Crippen LogP contribution in [-0.2, 0) is 10.0 Å². The van der Waals surface area contributed by atoms with Gasteiger partial charge in [0.05, 0.1) is 4.90 Å². The predicted molar refractivity (Wildman–Crippen MR) is 75.1 cm³/mol. The molecule has 0 saturated carbocycles. The molecule has 0 bridgehead atoms. The van der Waals surface area contributed by atoms with Gasteiger partial charge in [0.25, 0.3) is 0 Å². The summed E-state index contributed by atoms with van der Waals surface area (Å²) in [6.45, 7) is 5.74. The van der Waals surface area contributed by atoms with Crippen molar-refractivity contribution in [3.05, 3.63) is 28.2 Å². The highest BCUT2D eigenvalue weighted by Gasteiger charge is 2.32. The highest BCUT2D eigenvalue weighted by Crippen LogP contribution is 2.27. The minimum absolute atomic E-state index is 0.0174. The fourth-order valence-electron chi connectivity index (χ4n) is 2.11. The molecule has 6 heteroatoms. The van der Waals surface area contributed by atoms with Gasteiger partial charge in [-0.25, -0.2) is 8.42 Å². The fraction of sp³-hybridized carbons (Fsp3) is 0.500. The number of benzene rings is 1. The zero-order chi connectivity index (χ0) is 13.3. The SMILES string of the molecule is Cc1ccc(Br)c(S(=O)(=O)N2CCNCC2C)c1. The zero-order valence-corrected chi connectivity index (χ0v) is 12.9. The van der Waals surface area contributed by atoms with E-state index in [1.54, 1.807) is 16.4 Å². The Hall–Kier alpha value is -0.430. The van der Waals surface area contributed by atoms with Gasteiger partial charge in [-0.3, -0.25) is 0 Å². The lowest BCUT2D eigenvalue weighted by molar-refractivity contribution is 0.283. The minimum Gasteiger partial charge on any atom is -0.314 e. The first-order chi connectivity index (χ1) is 8.43. The second-order valence-electron chi connectivity index (χ2n) is 4.60. The van der Waals surface area contributed by atoms with Gasteiger partial charge in [0, 0.05) is 30.1 Å². The summed E-state index contributed by atoms with van der Waals surface area (Å²) < 4.78 is 27.5. The second kappa shape index (κ2) is 5.28. The molecule has 0 amide bonds. The van der Waals surface area contributed by atoms with Crippen molar-refractivity contribution in [3.63, 3.8) is 0 Å². The monoisotopic (exact) mass is 332 g/mol. The van der Waals surface area contributed by atoms with Crippen LogP contribution in [0.3, 0.4) is 0 Å². The summed E-state index contributed by atoms with van der Waals surface area (Å²) in [5, 5.41) is 3.20. The molecule has 18 heavy (non-hydrogen) atoms. The van der Waals surface area contributed by atoms with Crippen LogP contribution >= 0.6 is 15.9 Å². The van der Waals surface area contributed by atoms with Crippen LogP contribution in [0.1, 0.15) is 12.5 Å². The molecule has 1 aliphatic heterocycles. The number of aryl methyl sites for hydroxylation is 1. The van der Waals surface area contributed by atoms with Crippen molar-refractivity contribution in [2.24, 2.45) is 0 Å². The Labute approximate surface area is 117 Å². The van der Waals surface area contributed by atoms with Crippen LogP contribution in [0.2, 0.25) is 0 Å². The van der Waals surface area contributed by atoms with Gasteiger partial charge in [-0.05, 0) is 47.5 Å². The third-order valence-electron chi connectivity index (χ3n) is 3.11. The van der Waals surface area contributed by atoms with Gasteiger partial charge >= 0.3 is 0 Å². The van der Waals surface area contributed by atoms with E-state index in [0.717, 1.165) is 5.56 Å². The summed E-state index contributed by atoms with van der Waals surface area (Å²) in [6.07, 6.45) is 0. The quantitative estimate of drug-likeness (QED) is 0.897. The first-order valence-electron chi connectivity index (χ1n) is 5.91. The number of piperazine rings is 1. The molecule has 1 heterocycles. The zero-order valence-electron chi connectivity index (χ0n) is 10.5. The highest BCUT2D eigenvalue weighted by molar-refractivity contribution is 9.10. The molecule has 1 fully saturated rings. The van der Waals surface area contributed by atoms with Gasteiger partial charge in [-0.1, -0.05) is 6.07 Å².